The zero-order chi connectivity index (χ0) is 19.8. The SMILES string of the molecule is COc1cc(CNC2CCCCCCC2)ccc1OCc1ccc(F)cc1Cl. The number of nitrogens with one attached hydrogen (secondary N) is 1. The third kappa shape index (κ3) is 6.11. The minimum absolute atomic E-state index is 0.259. The van der Waals surface area contributed by atoms with E-state index in [0.717, 1.165) is 12.1 Å². The van der Waals surface area contributed by atoms with E-state index in [1.807, 2.05) is 12.1 Å². The van der Waals surface area contributed by atoms with Crippen molar-refractivity contribution in [2.75, 3.05) is 7.11 Å². The van der Waals surface area contributed by atoms with Crippen molar-refractivity contribution in [3.8, 4) is 11.5 Å². The van der Waals surface area contributed by atoms with Crippen LogP contribution in [0.5, 0.6) is 11.5 Å². The zero-order valence-corrected chi connectivity index (χ0v) is 17.2. The molecule has 1 aliphatic rings. The van der Waals surface area contributed by atoms with Gasteiger partial charge in [-0.3, -0.25) is 0 Å². The van der Waals surface area contributed by atoms with Crippen molar-refractivity contribution in [3.63, 3.8) is 0 Å². The van der Waals surface area contributed by atoms with Crippen LogP contribution >= 0.6 is 11.6 Å². The monoisotopic (exact) mass is 405 g/mol. The molecule has 3 rings (SSSR count). The highest BCUT2D eigenvalue weighted by molar-refractivity contribution is 6.31. The molecule has 3 nitrogen and oxygen atoms in total. The summed E-state index contributed by atoms with van der Waals surface area (Å²) in [5, 5.41) is 4.06. The number of ether oxygens (including phenoxy) is 2. The first kappa shape index (κ1) is 20.9. The summed E-state index contributed by atoms with van der Waals surface area (Å²) in [4.78, 5) is 0. The van der Waals surface area contributed by atoms with E-state index < -0.39 is 0 Å². The van der Waals surface area contributed by atoms with E-state index in [4.69, 9.17) is 21.1 Å². The molecule has 0 aromatic heterocycles. The van der Waals surface area contributed by atoms with E-state index in [9.17, 15) is 4.39 Å². The van der Waals surface area contributed by atoms with Crippen molar-refractivity contribution in [1.82, 2.24) is 5.32 Å². The lowest BCUT2D eigenvalue weighted by molar-refractivity contribution is 0.284. The minimum atomic E-state index is -0.354. The van der Waals surface area contributed by atoms with Crippen molar-refractivity contribution < 1.29 is 13.9 Å². The van der Waals surface area contributed by atoms with Gasteiger partial charge >= 0.3 is 0 Å². The summed E-state index contributed by atoms with van der Waals surface area (Å²) in [6.07, 6.45) is 9.26. The molecule has 1 aliphatic carbocycles. The number of benzene rings is 2. The fraction of sp³-hybridized carbons (Fsp3) is 0.478. The fourth-order valence-corrected chi connectivity index (χ4v) is 3.88. The second-order valence-corrected chi connectivity index (χ2v) is 7.84. The van der Waals surface area contributed by atoms with E-state index in [2.05, 4.69) is 11.4 Å². The lowest BCUT2D eigenvalue weighted by Crippen LogP contribution is -2.29. The third-order valence-electron chi connectivity index (χ3n) is 5.33. The Labute approximate surface area is 172 Å². The van der Waals surface area contributed by atoms with Gasteiger partial charge in [0.25, 0.3) is 0 Å². The fourth-order valence-electron chi connectivity index (χ4n) is 3.66. The lowest BCUT2D eigenvalue weighted by atomic mass is 9.96. The van der Waals surface area contributed by atoms with Crippen LogP contribution in [-0.4, -0.2) is 13.2 Å². The predicted octanol–water partition coefficient (Wildman–Crippen LogP) is 6.27. The van der Waals surface area contributed by atoms with Gasteiger partial charge in [0.1, 0.15) is 12.4 Å². The summed E-state index contributed by atoms with van der Waals surface area (Å²) in [5.74, 6) is 0.986. The molecular formula is C23H29ClFNO2. The van der Waals surface area contributed by atoms with Gasteiger partial charge in [-0.15, -0.1) is 0 Å². The highest BCUT2D eigenvalue weighted by Gasteiger charge is 2.12. The number of methoxy groups -OCH3 is 1. The first-order chi connectivity index (χ1) is 13.7. The Balaban J connectivity index is 1.58. The summed E-state index contributed by atoms with van der Waals surface area (Å²) < 4.78 is 24.5. The molecule has 0 spiro atoms. The van der Waals surface area contributed by atoms with E-state index in [-0.39, 0.29) is 12.4 Å². The topological polar surface area (TPSA) is 30.5 Å². The molecule has 0 saturated heterocycles. The van der Waals surface area contributed by atoms with Crippen molar-refractivity contribution in [3.05, 3.63) is 58.4 Å². The summed E-state index contributed by atoms with van der Waals surface area (Å²) in [6.45, 7) is 1.08. The Morgan fingerprint density at radius 3 is 2.46 bits per heavy atom. The Bertz CT molecular complexity index is 760. The number of hydrogen-bond acceptors (Lipinski definition) is 3. The second kappa shape index (κ2) is 10.7. The summed E-state index contributed by atoms with van der Waals surface area (Å²) >= 11 is 6.07. The highest BCUT2D eigenvalue weighted by atomic mass is 35.5. The van der Waals surface area contributed by atoms with Gasteiger partial charge in [-0.1, -0.05) is 55.8 Å². The van der Waals surface area contributed by atoms with Gasteiger partial charge in [-0.25, -0.2) is 4.39 Å². The molecule has 2 aromatic carbocycles. The summed E-state index contributed by atoms with van der Waals surface area (Å²) in [6, 6.07) is 10.9. The van der Waals surface area contributed by atoms with Gasteiger partial charge in [0, 0.05) is 18.2 Å². The van der Waals surface area contributed by atoms with Gasteiger partial charge in [0.05, 0.1) is 12.1 Å². The Morgan fingerprint density at radius 2 is 1.75 bits per heavy atom. The van der Waals surface area contributed by atoms with Crippen LogP contribution in [0, 0.1) is 5.82 Å². The van der Waals surface area contributed by atoms with Crippen molar-refractivity contribution in [2.24, 2.45) is 0 Å². The predicted molar refractivity (Wildman–Crippen MR) is 112 cm³/mol. The average molecular weight is 406 g/mol. The van der Waals surface area contributed by atoms with Gasteiger partial charge in [0.2, 0.25) is 0 Å². The summed E-state index contributed by atoms with van der Waals surface area (Å²) in [7, 11) is 1.64. The molecule has 0 aliphatic heterocycles. The lowest BCUT2D eigenvalue weighted by Gasteiger charge is -2.21. The van der Waals surface area contributed by atoms with Crippen molar-refractivity contribution in [1.29, 1.82) is 0 Å². The Morgan fingerprint density at radius 1 is 1.00 bits per heavy atom. The summed E-state index contributed by atoms with van der Waals surface area (Å²) in [5.41, 5.74) is 1.91. The molecular weight excluding hydrogens is 377 g/mol. The van der Waals surface area contributed by atoms with Crippen molar-refractivity contribution in [2.45, 2.75) is 64.1 Å². The number of hydrogen-bond donors (Lipinski definition) is 1. The maximum absolute atomic E-state index is 13.2. The van der Waals surface area contributed by atoms with Crippen LogP contribution in [-0.2, 0) is 13.2 Å². The van der Waals surface area contributed by atoms with E-state index in [1.54, 1.807) is 13.2 Å². The molecule has 28 heavy (non-hydrogen) atoms. The highest BCUT2D eigenvalue weighted by Crippen LogP contribution is 2.30. The van der Waals surface area contributed by atoms with Gasteiger partial charge in [-0.2, -0.15) is 0 Å². The second-order valence-electron chi connectivity index (χ2n) is 7.43. The van der Waals surface area contributed by atoms with Gasteiger partial charge in [-0.05, 0) is 42.7 Å². The smallest absolute Gasteiger partial charge is 0.161 e. The van der Waals surface area contributed by atoms with E-state index in [0.29, 0.717) is 22.6 Å². The molecule has 1 fully saturated rings. The first-order valence-electron chi connectivity index (χ1n) is 10.1. The third-order valence-corrected chi connectivity index (χ3v) is 5.68. The van der Waals surface area contributed by atoms with E-state index in [1.165, 1.54) is 62.6 Å². The maximum Gasteiger partial charge on any atom is 0.161 e. The molecule has 1 saturated carbocycles. The molecule has 0 bridgehead atoms. The molecule has 152 valence electrons. The van der Waals surface area contributed by atoms with Crippen molar-refractivity contribution >= 4 is 11.6 Å². The molecule has 0 unspecified atom stereocenters. The number of rotatable bonds is 7. The maximum atomic E-state index is 13.2. The van der Waals surface area contributed by atoms with Crippen LogP contribution in [0.15, 0.2) is 36.4 Å². The van der Waals surface area contributed by atoms with Crippen LogP contribution in [0.25, 0.3) is 0 Å². The molecule has 0 atom stereocenters. The molecule has 0 amide bonds. The van der Waals surface area contributed by atoms with Crippen LogP contribution < -0.4 is 14.8 Å². The van der Waals surface area contributed by atoms with Crippen LogP contribution in [0.2, 0.25) is 5.02 Å². The molecule has 5 heteroatoms. The molecule has 1 N–H and O–H groups in total. The first-order valence-corrected chi connectivity index (χ1v) is 10.5. The average Bonchev–Trinajstić information content (AvgIpc) is 2.67. The molecule has 0 heterocycles. The zero-order valence-electron chi connectivity index (χ0n) is 16.5. The number of halogens is 2. The quantitative estimate of drug-likeness (QED) is 0.588. The Kier molecular flexibility index (Phi) is 7.99. The van der Waals surface area contributed by atoms with Crippen LogP contribution in [0.3, 0.4) is 0 Å². The molecule has 2 aromatic rings. The molecule has 0 radical (unpaired) electrons. The standard InChI is InChI=1S/C23H29ClFNO2/c1-27-23-13-17(15-26-20-7-5-3-2-4-6-8-20)9-12-22(23)28-16-18-10-11-19(25)14-21(18)24/h9-14,20,26H,2-8,15-16H2,1H3. The Hall–Kier alpha value is -1.78. The largest absolute Gasteiger partial charge is 0.493 e. The van der Waals surface area contributed by atoms with E-state index >= 15 is 0 Å². The van der Waals surface area contributed by atoms with Gasteiger partial charge < -0.3 is 14.8 Å². The minimum Gasteiger partial charge on any atom is -0.493 e. The van der Waals surface area contributed by atoms with Crippen LogP contribution in [0.1, 0.15) is 56.1 Å². The van der Waals surface area contributed by atoms with Crippen LogP contribution in [0.4, 0.5) is 4.39 Å². The normalized spacial score (nSPS) is 15.7. The van der Waals surface area contributed by atoms with Gasteiger partial charge in [0.15, 0.2) is 11.5 Å².